The quantitative estimate of drug-likeness (QED) is 0.788. The first kappa shape index (κ1) is 15.7. The van der Waals surface area contributed by atoms with E-state index in [4.69, 9.17) is 11.6 Å². The van der Waals surface area contributed by atoms with Gasteiger partial charge in [-0.3, -0.25) is 4.79 Å². The molecule has 0 aromatic heterocycles. The molecule has 0 bridgehead atoms. The molecule has 1 aromatic carbocycles. The normalized spacial score (nSPS) is 17.6. The van der Waals surface area contributed by atoms with Gasteiger partial charge in [-0.15, -0.1) is 11.8 Å². The molecule has 0 atom stereocenters. The number of carbonyl (C=O) groups excluding carboxylic acids is 1. The molecule has 106 valence electrons. The van der Waals surface area contributed by atoms with Crippen LogP contribution in [0.15, 0.2) is 22.7 Å². The maximum absolute atomic E-state index is 12.5. The molecule has 2 rings (SSSR count). The highest BCUT2D eigenvalue weighted by atomic mass is 79.9. The second kappa shape index (κ2) is 6.38. The van der Waals surface area contributed by atoms with E-state index in [2.05, 4.69) is 22.0 Å². The highest BCUT2D eigenvalue weighted by Gasteiger charge is 2.35. The average Bonchev–Trinajstić information content (AvgIpc) is 2.49. The SMILES string of the molecule is CSC1(C#N)CCN(C(=O)c2cc(Cl)ccc2Br)CC1. The summed E-state index contributed by atoms with van der Waals surface area (Å²) in [7, 11) is 0. The summed E-state index contributed by atoms with van der Waals surface area (Å²) in [5, 5.41) is 9.81. The number of hydrogen-bond acceptors (Lipinski definition) is 3. The van der Waals surface area contributed by atoms with Gasteiger partial charge in [0.25, 0.3) is 5.91 Å². The molecule has 6 heteroatoms. The molecule has 20 heavy (non-hydrogen) atoms. The van der Waals surface area contributed by atoms with Gasteiger partial charge in [0.1, 0.15) is 4.75 Å². The van der Waals surface area contributed by atoms with Crippen molar-refractivity contribution in [1.29, 1.82) is 5.26 Å². The molecule has 1 heterocycles. The van der Waals surface area contributed by atoms with Gasteiger partial charge in [-0.25, -0.2) is 0 Å². The lowest BCUT2D eigenvalue weighted by Crippen LogP contribution is -2.44. The highest BCUT2D eigenvalue weighted by Crippen LogP contribution is 2.34. The molecular formula is C14H14BrClN2OS. The van der Waals surface area contributed by atoms with Crippen LogP contribution in [-0.4, -0.2) is 34.9 Å². The summed E-state index contributed by atoms with van der Waals surface area (Å²) in [6.07, 6.45) is 3.36. The number of halogens is 2. The lowest BCUT2D eigenvalue weighted by atomic mass is 9.96. The molecule has 1 amide bonds. The van der Waals surface area contributed by atoms with Crippen molar-refractivity contribution in [2.75, 3.05) is 19.3 Å². The zero-order valence-electron chi connectivity index (χ0n) is 11.0. The van der Waals surface area contributed by atoms with Gasteiger partial charge in [0.05, 0.1) is 11.6 Å². The fourth-order valence-electron chi connectivity index (χ4n) is 2.26. The molecule has 1 saturated heterocycles. The van der Waals surface area contributed by atoms with Gasteiger partial charge in [-0.2, -0.15) is 5.26 Å². The van der Waals surface area contributed by atoms with Crippen LogP contribution in [0, 0.1) is 11.3 Å². The maximum atomic E-state index is 12.5. The number of carbonyl (C=O) groups is 1. The van der Waals surface area contributed by atoms with Gasteiger partial charge in [-0.1, -0.05) is 11.6 Å². The predicted molar refractivity (Wildman–Crippen MR) is 86.1 cm³/mol. The Balaban J connectivity index is 2.13. The van der Waals surface area contributed by atoms with Crippen LogP contribution in [-0.2, 0) is 0 Å². The van der Waals surface area contributed by atoms with E-state index in [9.17, 15) is 10.1 Å². The van der Waals surface area contributed by atoms with Crippen molar-refractivity contribution in [2.24, 2.45) is 0 Å². The van der Waals surface area contributed by atoms with Crippen LogP contribution in [0.5, 0.6) is 0 Å². The first-order valence-electron chi connectivity index (χ1n) is 6.22. The minimum absolute atomic E-state index is 0.0352. The standard InChI is InChI=1S/C14H14BrClN2OS/c1-20-14(9-17)4-6-18(7-5-14)13(19)11-8-10(16)2-3-12(11)15/h2-3,8H,4-7H2,1H3. The topological polar surface area (TPSA) is 44.1 Å². The van der Waals surface area contributed by atoms with Crippen LogP contribution < -0.4 is 0 Å². The lowest BCUT2D eigenvalue weighted by Gasteiger charge is -2.36. The fraction of sp³-hybridized carbons (Fsp3) is 0.429. The van der Waals surface area contributed by atoms with E-state index in [0.29, 0.717) is 36.5 Å². The third-order valence-corrected chi connectivity index (χ3v) is 5.82. The molecule has 1 aliphatic heterocycles. The van der Waals surface area contributed by atoms with E-state index in [1.54, 1.807) is 34.9 Å². The van der Waals surface area contributed by atoms with Crippen molar-refractivity contribution < 1.29 is 4.79 Å². The fourth-order valence-corrected chi connectivity index (χ4v) is 3.53. The molecule has 1 aromatic rings. The molecule has 1 aliphatic rings. The number of amides is 1. The largest absolute Gasteiger partial charge is 0.338 e. The number of piperidine rings is 1. The summed E-state index contributed by atoms with van der Waals surface area (Å²) in [6, 6.07) is 7.58. The van der Waals surface area contributed by atoms with Crippen molar-refractivity contribution in [3.05, 3.63) is 33.3 Å². The molecular weight excluding hydrogens is 360 g/mol. The number of hydrogen-bond donors (Lipinski definition) is 0. The Morgan fingerprint density at radius 1 is 1.50 bits per heavy atom. The van der Waals surface area contributed by atoms with Crippen molar-refractivity contribution in [3.8, 4) is 6.07 Å². The minimum atomic E-state index is -0.345. The van der Waals surface area contributed by atoms with E-state index in [1.807, 2.05) is 6.26 Å². The third kappa shape index (κ3) is 3.13. The van der Waals surface area contributed by atoms with Gasteiger partial charge in [0.2, 0.25) is 0 Å². The van der Waals surface area contributed by atoms with Crippen molar-refractivity contribution in [3.63, 3.8) is 0 Å². The monoisotopic (exact) mass is 372 g/mol. The average molecular weight is 374 g/mol. The highest BCUT2D eigenvalue weighted by molar-refractivity contribution is 9.10. The zero-order chi connectivity index (χ0) is 14.8. The first-order chi connectivity index (χ1) is 9.51. The number of likely N-dealkylation sites (tertiary alicyclic amines) is 1. The number of nitrogens with zero attached hydrogens (tertiary/aromatic N) is 2. The number of nitriles is 1. The number of thioether (sulfide) groups is 1. The summed E-state index contributed by atoms with van der Waals surface area (Å²) in [4.78, 5) is 14.3. The minimum Gasteiger partial charge on any atom is -0.338 e. The first-order valence-corrected chi connectivity index (χ1v) is 8.61. The molecule has 1 fully saturated rings. The Morgan fingerprint density at radius 3 is 2.70 bits per heavy atom. The van der Waals surface area contributed by atoms with E-state index in [0.717, 1.165) is 4.47 Å². The van der Waals surface area contributed by atoms with Crippen LogP contribution in [0.4, 0.5) is 0 Å². The number of benzene rings is 1. The third-order valence-electron chi connectivity index (χ3n) is 3.61. The zero-order valence-corrected chi connectivity index (χ0v) is 14.2. The van der Waals surface area contributed by atoms with Gasteiger partial charge in [0.15, 0.2) is 0 Å². The van der Waals surface area contributed by atoms with Crippen molar-refractivity contribution >= 4 is 45.2 Å². The number of rotatable bonds is 2. The van der Waals surface area contributed by atoms with Crippen LogP contribution in [0.3, 0.4) is 0 Å². The van der Waals surface area contributed by atoms with Gasteiger partial charge in [-0.05, 0) is 53.2 Å². The summed E-state index contributed by atoms with van der Waals surface area (Å²) < 4.78 is 0.399. The molecule has 0 spiro atoms. The lowest BCUT2D eigenvalue weighted by molar-refractivity contribution is 0.0715. The van der Waals surface area contributed by atoms with Crippen molar-refractivity contribution in [1.82, 2.24) is 4.90 Å². The molecule has 0 aliphatic carbocycles. The smallest absolute Gasteiger partial charge is 0.255 e. The molecule has 0 N–H and O–H groups in total. The Morgan fingerprint density at radius 2 is 2.15 bits per heavy atom. The van der Waals surface area contributed by atoms with Crippen LogP contribution in [0.25, 0.3) is 0 Å². The second-order valence-corrected chi connectivity index (χ2v) is 7.21. The summed E-state index contributed by atoms with van der Waals surface area (Å²) in [6.45, 7) is 1.21. The van der Waals surface area contributed by atoms with Gasteiger partial charge in [0, 0.05) is 22.6 Å². The molecule has 0 radical (unpaired) electrons. The summed E-state index contributed by atoms with van der Waals surface area (Å²) in [5.74, 6) is -0.0352. The Bertz CT molecular complexity index is 565. The Hall–Kier alpha value is -0.700. The predicted octanol–water partition coefficient (Wildman–Crippen LogP) is 3.96. The van der Waals surface area contributed by atoms with Crippen LogP contribution >= 0.6 is 39.3 Å². The van der Waals surface area contributed by atoms with Crippen LogP contribution in [0.1, 0.15) is 23.2 Å². The van der Waals surface area contributed by atoms with E-state index >= 15 is 0 Å². The maximum Gasteiger partial charge on any atom is 0.255 e. The summed E-state index contributed by atoms with van der Waals surface area (Å²) in [5.41, 5.74) is 0.575. The van der Waals surface area contributed by atoms with Crippen LogP contribution in [0.2, 0.25) is 5.02 Å². The van der Waals surface area contributed by atoms with Gasteiger partial charge >= 0.3 is 0 Å². The van der Waals surface area contributed by atoms with E-state index in [1.165, 1.54) is 0 Å². The van der Waals surface area contributed by atoms with E-state index < -0.39 is 0 Å². The molecule has 3 nitrogen and oxygen atoms in total. The van der Waals surface area contributed by atoms with Gasteiger partial charge < -0.3 is 4.90 Å². The molecule has 0 unspecified atom stereocenters. The molecule has 0 saturated carbocycles. The summed E-state index contributed by atoms with van der Waals surface area (Å²) >= 11 is 10.9. The Labute approximate surface area is 136 Å². The second-order valence-electron chi connectivity index (χ2n) is 4.73. The Kier molecular flexibility index (Phi) is 5.00. The van der Waals surface area contributed by atoms with E-state index in [-0.39, 0.29) is 10.7 Å². The van der Waals surface area contributed by atoms with Crippen molar-refractivity contribution in [2.45, 2.75) is 17.6 Å².